The van der Waals surface area contributed by atoms with Crippen LogP contribution in [0, 0.1) is 6.92 Å². The van der Waals surface area contributed by atoms with Crippen LogP contribution >= 0.6 is 23.2 Å². The second kappa shape index (κ2) is 9.42. The number of rotatable bonds is 6. The molecule has 32 heavy (non-hydrogen) atoms. The zero-order valence-electron chi connectivity index (χ0n) is 17.0. The number of hydrogen-bond donors (Lipinski definition) is 1. The number of carbonyl (C=O) groups is 2. The Hall–Kier alpha value is -3.35. The van der Waals surface area contributed by atoms with Gasteiger partial charge in [0.1, 0.15) is 5.52 Å². The molecule has 0 aliphatic carbocycles. The molecular weight excluding hydrogens is 451 g/mol. The topological polar surface area (TPSA) is 77.5 Å². The second-order valence-corrected chi connectivity index (χ2v) is 7.86. The first-order valence-electron chi connectivity index (χ1n) is 9.74. The van der Waals surface area contributed by atoms with Gasteiger partial charge in [0.05, 0.1) is 10.0 Å². The minimum absolute atomic E-state index is 0.224. The summed E-state index contributed by atoms with van der Waals surface area (Å²) in [6.45, 7) is 0.937. The Balaban J connectivity index is 1.38. The summed E-state index contributed by atoms with van der Waals surface area (Å²) in [6.07, 6.45) is 0. The molecule has 4 rings (SSSR count). The van der Waals surface area contributed by atoms with Crippen molar-refractivity contribution in [3.63, 3.8) is 0 Å². The summed E-state index contributed by atoms with van der Waals surface area (Å²) in [5, 5.41) is 5.95. The van der Waals surface area contributed by atoms with Crippen LogP contribution in [0.25, 0.3) is 21.7 Å². The lowest BCUT2D eigenvalue weighted by atomic mass is 10.1. The number of esters is 1. The van der Waals surface area contributed by atoms with E-state index in [9.17, 15) is 9.59 Å². The first kappa shape index (κ1) is 21.9. The Morgan fingerprint density at radius 2 is 1.72 bits per heavy atom. The lowest BCUT2D eigenvalue weighted by molar-refractivity contribution is -0.149. The largest absolute Gasteiger partial charge is 0.478 e. The van der Waals surface area contributed by atoms with E-state index in [-0.39, 0.29) is 10.8 Å². The number of aryl methyl sites for hydroxylation is 1. The third kappa shape index (κ3) is 4.77. The molecule has 0 radical (unpaired) electrons. The average molecular weight is 469 g/mol. The number of anilines is 1. The van der Waals surface area contributed by atoms with Crippen molar-refractivity contribution in [1.29, 1.82) is 0 Å². The molecule has 1 amide bonds. The molecule has 0 saturated carbocycles. The maximum absolute atomic E-state index is 12.3. The van der Waals surface area contributed by atoms with Gasteiger partial charge in [-0.2, -0.15) is 0 Å². The van der Waals surface area contributed by atoms with E-state index in [0.29, 0.717) is 21.6 Å². The minimum atomic E-state index is -0.718. The Morgan fingerprint density at radius 3 is 2.56 bits per heavy atom. The maximum atomic E-state index is 12.3. The van der Waals surface area contributed by atoms with Crippen LogP contribution in [0.5, 0.6) is 5.75 Å². The van der Waals surface area contributed by atoms with Gasteiger partial charge in [-0.3, -0.25) is 4.79 Å². The van der Waals surface area contributed by atoms with Gasteiger partial charge in [-0.15, -0.1) is 0 Å². The number of nitrogens with zero attached hydrogens (tertiary/aromatic N) is 1. The number of amides is 1. The molecule has 6 nitrogen and oxygen atoms in total. The van der Waals surface area contributed by atoms with E-state index in [2.05, 4.69) is 10.3 Å². The average Bonchev–Trinajstić information content (AvgIpc) is 2.77. The van der Waals surface area contributed by atoms with Crippen molar-refractivity contribution in [3.8, 4) is 5.75 Å². The van der Waals surface area contributed by atoms with E-state index in [1.165, 1.54) is 6.07 Å². The number of benzene rings is 3. The zero-order valence-corrected chi connectivity index (χ0v) is 18.5. The molecule has 0 aliphatic heterocycles. The fourth-order valence-corrected chi connectivity index (χ4v) is 3.84. The molecule has 0 saturated heterocycles. The van der Waals surface area contributed by atoms with Gasteiger partial charge in [-0.25, -0.2) is 9.78 Å². The molecule has 3 aromatic carbocycles. The van der Waals surface area contributed by atoms with Crippen LogP contribution in [-0.4, -0.2) is 30.1 Å². The predicted octanol–water partition coefficient (Wildman–Crippen LogP) is 5.56. The van der Waals surface area contributed by atoms with Gasteiger partial charge in [0.2, 0.25) is 0 Å². The van der Waals surface area contributed by atoms with Gasteiger partial charge >= 0.3 is 5.97 Å². The monoisotopic (exact) mass is 468 g/mol. The highest BCUT2D eigenvalue weighted by molar-refractivity contribution is 6.39. The lowest BCUT2D eigenvalue weighted by Gasteiger charge is -2.12. The van der Waals surface area contributed by atoms with Crippen molar-refractivity contribution in [1.82, 2.24) is 4.98 Å². The number of pyridine rings is 1. The van der Waals surface area contributed by atoms with Gasteiger partial charge in [0.25, 0.3) is 5.91 Å². The highest BCUT2D eigenvalue weighted by Crippen LogP contribution is 2.37. The summed E-state index contributed by atoms with van der Waals surface area (Å²) in [4.78, 5) is 28.8. The first-order valence-corrected chi connectivity index (χ1v) is 10.5. The Labute approximate surface area is 194 Å². The van der Waals surface area contributed by atoms with Crippen molar-refractivity contribution < 1.29 is 19.1 Å². The van der Waals surface area contributed by atoms with Crippen LogP contribution in [0.3, 0.4) is 0 Å². The summed E-state index contributed by atoms with van der Waals surface area (Å²) in [5.74, 6) is -0.946. The second-order valence-electron chi connectivity index (χ2n) is 7.04. The molecule has 162 valence electrons. The third-order valence-electron chi connectivity index (χ3n) is 4.74. The highest BCUT2D eigenvalue weighted by atomic mass is 35.5. The molecule has 1 aromatic heterocycles. The molecular formula is C24H18Cl2N2O4. The summed E-state index contributed by atoms with van der Waals surface area (Å²) < 4.78 is 10.6. The smallest absolute Gasteiger partial charge is 0.344 e. The van der Waals surface area contributed by atoms with Crippen LogP contribution in [-0.2, 0) is 14.3 Å². The van der Waals surface area contributed by atoms with Gasteiger partial charge in [-0.05, 0) is 36.6 Å². The molecule has 4 aromatic rings. The van der Waals surface area contributed by atoms with E-state index in [0.717, 1.165) is 16.5 Å². The Bertz CT molecular complexity index is 1340. The fraction of sp³-hybridized carbons (Fsp3) is 0.125. The van der Waals surface area contributed by atoms with E-state index >= 15 is 0 Å². The van der Waals surface area contributed by atoms with Crippen molar-refractivity contribution in [2.75, 3.05) is 18.5 Å². The molecule has 0 aliphatic rings. The molecule has 0 fully saturated rings. The zero-order chi connectivity index (χ0) is 22.7. The van der Waals surface area contributed by atoms with E-state index in [1.807, 2.05) is 49.4 Å². The van der Waals surface area contributed by atoms with Crippen LogP contribution < -0.4 is 10.1 Å². The predicted molar refractivity (Wildman–Crippen MR) is 126 cm³/mol. The normalized spacial score (nSPS) is 10.8. The van der Waals surface area contributed by atoms with Gasteiger partial charge in [0, 0.05) is 22.2 Å². The third-order valence-corrected chi connectivity index (χ3v) is 5.33. The lowest BCUT2D eigenvalue weighted by Crippen LogP contribution is -2.23. The molecule has 1 heterocycles. The number of ether oxygens (including phenoxy) is 2. The number of fused-ring (bicyclic) bond motifs is 2. The molecule has 8 heteroatoms. The van der Waals surface area contributed by atoms with Gasteiger partial charge < -0.3 is 14.8 Å². The first-order chi connectivity index (χ1) is 15.4. The molecule has 0 atom stereocenters. The minimum Gasteiger partial charge on any atom is -0.478 e. The number of halogens is 2. The van der Waals surface area contributed by atoms with Gasteiger partial charge in [0.15, 0.2) is 19.0 Å². The summed E-state index contributed by atoms with van der Waals surface area (Å²) in [6, 6.07) is 18.4. The van der Waals surface area contributed by atoms with E-state index in [1.54, 1.807) is 12.1 Å². The number of nitrogens with one attached hydrogen (secondary N) is 1. The number of aromatic nitrogens is 1. The fourth-order valence-electron chi connectivity index (χ4n) is 3.27. The Morgan fingerprint density at radius 1 is 0.938 bits per heavy atom. The standard InChI is InChI=1S/C24H18Cl2N2O4/c1-14-9-10-17-18(25)11-19(26)24(23(17)27-14)32-13-22(30)31-12-21(29)28-20-8-4-6-15-5-2-3-7-16(15)20/h2-11H,12-13H2,1H3,(H,28,29). The number of carbonyl (C=O) groups excluding carboxylic acids is 2. The van der Waals surface area contributed by atoms with Crippen LogP contribution in [0.1, 0.15) is 5.69 Å². The summed E-state index contributed by atoms with van der Waals surface area (Å²) >= 11 is 12.5. The van der Waals surface area contributed by atoms with Crippen molar-refractivity contribution in [2.45, 2.75) is 6.92 Å². The van der Waals surface area contributed by atoms with Crippen LogP contribution in [0.2, 0.25) is 10.0 Å². The molecule has 1 N–H and O–H groups in total. The molecule has 0 unspecified atom stereocenters. The SMILES string of the molecule is Cc1ccc2c(Cl)cc(Cl)c(OCC(=O)OCC(=O)Nc3cccc4ccccc34)c2n1. The van der Waals surface area contributed by atoms with Crippen molar-refractivity contribution in [3.05, 3.63) is 76.4 Å². The Kier molecular flexibility index (Phi) is 6.44. The van der Waals surface area contributed by atoms with Crippen LogP contribution in [0.15, 0.2) is 60.7 Å². The van der Waals surface area contributed by atoms with Crippen molar-refractivity contribution in [2.24, 2.45) is 0 Å². The van der Waals surface area contributed by atoms with Crippen molar-refractivity contribution >= 4 is 62.4 Å². The number of hydrogen-bond acceptors (Lipinski definition) is 5. The van der Waals surface area contributed by atoms with E-state index in [4.69, 9.17) is 32.7 Å². The summed E-state index contributed by atoms with van der Waals surface area (Å²) in [7, 11) is 0. The van der Waals surface area contributed by atoms with Crippen LogP contribution in [0.4, 0.5) is 5.69 Å². The van der Waals surface area contributed by atoms with Gasteiger partial charge in [-0.1, -0.05) is 59.6 Å². The quantitative estimate of drug-likeness (QED) is 0.374. The summed E-state index contributed by atoms with van der Waals surface area (Å²) in [5.41, 5.74) is 1.83. The van der Waals surface area contributed by atoms with E-state index < -0.39 is 25.1 Å². The maximum Gasteiger partial charge on any atom is 0.344 e. The molecule has 0 spiro atoms. The molecule has 0 bridgehead atoms. The highest BCUT2D eigenvalue weighted by Gasteiger charge is 2.16.